The van der Waals surface area contributed by atoms with Gasteiger partial charge in [0.05, 0.1) is 10.6 Å². The number of aryl methyl sites for hydroxylation is 1. The molecule has 0 bridgehead atoms. The number of benzene rings is 2. The maximum absolute atomic E-state index is 13.0. The van der Waals surface area contributed by atoms with Gasteiger partial charge in [0, 0.05) is 22.6 Å². The summed E-state index contributed by atoms with van der Waals surface area (Å²) >= 11 is 7.62. The first-order valence-corrected chi connectivity index (χ1v) is 9.79. The highest BCUT2D eigenvalue weighted by Gasteiger charge is 2.33. The van der Waals surface area contributed by atoms with Gasteiger partial charge < -0.3 is 0 Å². The second-order valence-electron chi connectivity index (χ2n) is 5.21. The van der Waals surface area contributed by atoms with Gasteiger partial charge in [0.25, 0.3) is 10.0 Å². The van der Waals surface area contributed by atoms with Gasteiger partial charge in [-0.1, -0.05) is 29.8 Å². The van der Waals surface area contributed by atoms with Crippen LogP contribution in [0.1, 0.15) is 5.56 Å². The van der Waals surface area contributed by atoms with Crippen molar-refractivity contribution in [2.24, 2.45) is 0 Å². The van der Waals surface area contributed by atoms with Gasteiger partial charge in [0.1, 0.15) is 0 Å². The monoisotopic (exact) mass is 353 g/mol. The number of halogens is 1. The van der Waals surface area contributed by atoms with Crippen LogP contribution in [0, 0.1) is 6.92 Å². The summed E-state index contributed by atoms with van der Waals surface area (Å²) in [7, 11) is -3.57. The summed E-state index contributed by atoms with van der Waals surface area (Å²) in [5, 5.41) is 0.0526. The molecule has 1 aliphatic heterocycles. The Kier molecular flexibility index (Phi) is 4.39. The largest absolute Gasteiger partial charge is 0.264 e. The number of para-hydroxylation sites is 1. The highest BCUT2D eigenvalue weighted by atomic mass is 35.5. The van der Waals surface area contributed by atoms with Gasteiger partial charge in [-0.3, -0.25) is 4.31 Å². The fourth-order valence-electron chi connectivity index (χ4n) is 2.41. The SMILES string of the molecule is Cc1ccc(S(=O)(=O)N2C[C@H](CCl)Sc3ccccc32)cc1. The zero-order chi connectivity index (χ0) is 15.7. The summed E-state index contributed by atoms with van der Waals surface area (Å²) in [6, 6.07) is 14.5. The number of anilines is 1. The maximum Gasteiger partial charge on any atom is 0.264 e. The molecule has 0 N–H and O–H groups in total. The number of alkyl halides is 1. The number of fused-ring (bicyclic) bond motifs is 1. The molecule has 0 saturated heterocycles. The molecule has 2 aromatic carbocycles. The van der Waals surface area contributed by atoms with Crippen LogP contribution in [0.15, 0.2) is 58.3 Å². The summed E-state index contributed by atoms with van der Waals surface area (Å²) in [5.41, 5.74) is 1.77. The lowest BCUT2D eigenvalue weighted by Crippen LogP contribution is -2.40. The molecule has 1 heterocycles. The molecule has 0 unspecified atom stereocenters. The third-order valence-corrected chi connectivity index (χ3v) is 7.18. The van der Waals surface area contributed by atoms with Gasteiger partial charge >= 0.3 is 0 Å². The minimum atomic E-state index is -3.57. The molecule has 0 spiro atoms. The third-order valence-electron chi connectivity index (χ3n) is 3.58. The lowest BCUT2D eigenvalue weighted by molar-refractivity contribution is 0.589. The van der Waals surface area contributed by atoms with Crippen molar-refractivity contribution < 1.29 is 8.42 Å². The van der Waals surface area contributed by atoms with Gasteiger partial charge in [0.15, 0.2) is 0 Å². The number of rotatable bonds is 3. The summed E-state index contributed by atoms with van der Waals surface area (Å²) < 4.78 is 27.5. The van der Waals surface area contributed by atoms with Crippen LogP contribution in [0.4, 0.5) is 5.69 Å². The normalized spacial score (nSPS) is 18.1. The Morgan fingerprint density at radius 2 is 1.86 bits per heavy atom. The Morgan fingerprint density at radius 3 is 2.55 bits per heavy atom. The topological polar surface area (TPSA) is 37.4 Å². The number of sulfonamides is 1. The van der Waals surface area contributed by atoms with E-state index in [9.17, 15) is 8.42 Å². The Balaban J connectivity index is 2.08. The van der Waals surface area contributed by atoms with Crippen LogP contribution in [-0.2, 0) is 10.0 Å². The summed E-state index contributed by atoms with van der Waals surface area (Å²) in [5.74, 6) is 0.416. The lowest BCUT2D eigenvalue weighted by Gasteiger charge is -2.34. The molecular weight excluding hydrogens is 338 g/mol. The van der Waals surface area contributed by atoms with E-state index in [1.54, 1.807) is 23.9 Å². The molecule has 2 aromatic rings. The van der Waals surface area contributed by atoms with Gasteiger partial charge in [-0.25, -0.2) is 8.42 Å². The van der Waals surface area contributed by atoms with Crippen LogP contribution < -0.4 is 4.31 Å². The van der Waals surface area contributed by atoms with Crippen molar-refractivity contribution in [1.29, 1.82) is 0 Å². The quantitative estimate of drug-likeness (QED) is 0.785. The van der Waals surface area contributed by atoms with Crippen molar-refractivity contribution in [3.8, 4) is 0 Å². The van der Waals surface area contributed by atoms with E-state index in [4.69, 9.17) is 11.6 Å². The van der Waals surface area contributed by atoms with Crippen LogP contribution >= 0.6 is 23.4 Å². The second kappa shape index (κ2) is 6.14. The van der Waals surface area contributed by atoms with E-state index in [-0.39, 0.29) is 5.25 Å². The van der Waals surface area contributed by atoms with Crippen molar-refractivity contribution in [3.63, 3.8) is 0 Å². The van der Waals surface area contributed by atoms with E-state index < -0.39 is 10.0 Å². The fourth-order valence-corrected chi connectivity index (χ4v) is 5.48. The molecule has 0 saturated carbocycles. The second-order valence-corrected chi connectivity index (χ2v) is 8.72. The molecule has 0 aliphatic carbocycles. The van der Waals surface area contributed by atoms with Crippen LogP contribution in [0.3, 0.4) is 0 Å². The molecular formula is C16H16ClNO2S2. The molecule has 6 heteroatoms. The number of thioether (sulfide) groups is 1. The highest BCUT2D eigenvalue weighted by molar-refractivity contribution is 8.00. The van der Waals surface area contributed by atoms with Gasteiger partial charge in [0.2, 0.25) is 0 Å². The molecule has 3 rings (SSSR count). The third kappa shape index (κ3) is 2.85. The maximum atomic E-state index is 13.0. The van der Waals surface area contributed by atoms with E-state index in [0.29, 0.717) is 17.3 Å². The number of hydrogen-bond donors (Lipinski definition) is 0. The first-order chi connectivity index (χ1) is 10.5. The zero-order valence-corrected chi connectivity index (χ0v) is 14.5. The van der Waals surface area contributed by atoms with Crippen molar-refractivity contribution in [2.45, 2.75) is 22.0 Å². The van der Waals surface area contributed by atoms with Gasteiger partial charge in [-0.15, -0.1) is 23.4 Å². The summed E-state index contributed by atoms with van der Waals surface area (Å²) in [6.07, 6.45) is 0. The Bertz CT molecular complexity index is 775. The molecule has 0 fully saturated rings. The molecule has 22 heavy (non-hydrogen) atoms. The summed E-state index contributed by atoms with van der Waals surface area (Å²) in [4.78, 5) is 1.27. The molecule has 0 aromatic heterocycles. The van der Waals surface area contributed by atoms with Gasteiger partial charge in [-0.2, -0.15) is 0 Å². The highest BCUT2D eigenvalue weighted by Crippen LogP contribution is 2.41. The average molecular weight is 354 g/mol. The molecule has 0 radical (unpaired) electrons. The van der Waals surface area contributed by atoms with Crippen molar-refractivity contribution in [3.05, 3.63) is 54.1 Å². The first-order valence-electron chi connectivity index (χ1n) is 6.93. The predicted octanol–water partition coefficient (Wildman–Crippen LogP) is 3.90. The summed E-state index contributed by atoms with van der Waals surface area (Å²) in [6.45, 7) is 2.33. The zero-order valence-electron chi connectivity index (χ0n) is 12.1. The van der Waals surface area contributed by atoms with Crippen LogP contribution in [0.25, 0.3) is 0 Å². The smallest absolute Gasteiger partial charge is 0.264 e. The van der Waals surface area contributed by atoms with Crippen LogP contribution in [-0.4, -0.2) is 26.1 Å². The first kappa shape index (κ1) is 15.7. The van der Waals surface area contributed by atoms with Crippen LogP contribution in [0.2, 0.25) is 0 Å². The molecule has 1 atom stereocenters. The van der Waals surface area contributed by atoms with Crippen molar-refractivity contribution in [2.75, 3.05) is 16.7 Å². The lowest BCUT2D eigenvalue weighted by atomic mass is 10.2. The van der Waals surface area contributed by atoms with Crippen LogP contribution in [0.5, 0.6) is 0 Å². The van der Waals surface area contributed by atoms with Crippen molar-refractivity contribution in [1.82, 2.24) is 0 Å². The van der Waals surface area contributed by atoms with E-state index in [2.05, 4.69) is 0 Å². The van der Waals surface area contributed by atoms with Crippen molar-refractivity contribution >= 4 is 39.1 Å². The minimum absolute atomic E-state index is 0.0526. The molecule has 116 valence electrons. The predicted molar refractivity (Wildman–Crippen MR) is 92.5 cm³/mol. The fraction of sp³-hybridized carbons (Fsp3) is 0.250. The number of hydrogen-bond acceptors (Lipinski definition) is 3. The average Bonchev–Trinajstić information content (AvgIpc) is 2.54. The Labute approximate surface area is 140 Å². The van der Waals surface area contributed by atoms with E-state index in [1.165, 1.54) is 4.31 Å². The number of nitrogens with zero attached hydrogens (tertiary/aromatic N) is 1. The van der Waals surface area contributed by atoms with Gasteiger partial charge in [-0.05, 0) is 31.2 Å². The minimum Gasteiger partial charge on any atom is -0.264 e. The van der Waals surface area contributed by atoms with E-state index >= 15 is 0 Å². The standard InChI is InChI=1S/C16H16ClNO2S2/c1-12-6-8-14(9-7-12)22(19,20)18-11-13(10-17)21-16-5-3-2-4-15(16)18/h2-9,13H,10-11H2,1H3/t13-/m0/s1. The Morgan fingerprint density at radius 1 is 1.18 bits per heavy atom. The Hall–Kier alpha value is -1.17. The molecule has 3 nitrogen and oxygen atoms in total. The van der Waals surface area contributed by atoms with E-state index in [1.807, 2.05) is 43.3 Å². The molecule has 1 aliphatic rings. The van der Waals surface area contributed by atoms with E-state index in [0.717, 1.165) is 16.1 Å². The molecule has 0 amide bonds.